The number of anilines is 1. The molecule has 1 aromatic heterocycles. The largest absolute Gasteiger partial charge is 0.371 e. The molecule has 1 fully saturated rings. The van der Waals surface area contributed by atoms with Crippen molar-refractivity contribution >= 4 is 5.69 Å². The van der Waals surface area contributed by atoms with Crippen LogP contribution in [0.25, 0.3) is 0 Å². The molecule has 0 aliphatic carbocycles. The summed E-state index contributed by atoms with van der Waals surface area (Å²) in [5.41, 5.74) is 0.972. The molecule has 2 heterocycles. The Morgan fingerprint density at radius 1 is 1.14 bits per heavy atom. The molecule has 1 aliphatic rings. The minimum Gasteiger partial charge on any atom is -0.371 e. The second-order valence-corrected chi connectivity index (χ2v) is 3.74. The van der Waals surface area contributed by atoms with Gasteiger partial charge in [-0.1, -0.05) is 12.8 Å². The van der Waals surface area contributed by atoms with Gasteiger partial charge in [0.1, 0.15) is 0 Å². The van der Waals surface area contributed by atoms with E-state index in [4.69, 9.17) is 0 Å². The van der Waals surface area contributed by atoms with Crippen LogP contribution >= 0.6 is 0 Å². The Balaban J connectivity index is 2.12. The molecule has 1 aliphatic heterocycles. The maximum Gasteiger partial charge on any atom is 0.214 e. The molecule has 0 spiro atoms. The lowest BCUT2D eigenvalue weighted by Gasteiger charge is -2.22. The number of pyridine rings is 1. The summed E-state index contributed by atoms with van der Waals surface area (Å²) < 4.78 is 12.9. The van der Waals surface area contributed by atoms with Crippen molar-refractivity contribution in [3.63, 3.8) is 0 Å². The van der Waals surface area contributed by atoms with Gasteiger partial charge in [-0.25, -0.2) is 4.98 Å². The molecular formula is C11H15FN2. The fourth-order valence-corrected chi connectivity index (χ4v) is 1.92. The molecule has 0 bridgehead atoms. The monoisotopic (exact) mass is 194 g/mol. The lowest BCUT2D eigenvalue weighted by Crippen LogP contribution is -2.23. The van der Waals surface area contributed by atoms with Gasteiger partial charge in [0.05, 0.1) is 0 Å². The maximum atomic E-state index is 12.9. The molecule has 0 saturated carbocycles. The van der Waals surface area contributed by atoms with Crippen LogP contribution in [0.3, 0.4) is 0 Å². The van der Waals surface area contributed by atoms with Gasteiger partial charge in [-0.05, 0) is 18.9 Å². The first-order chi connectivity index (χ1) is 6.86. The van der Waals surface area contributed by atoms with E-state index in [2.05, 4.69) is 9.88 Å². The highest BCUT2D eigenvalue weighted by atomic mass is 19.1. The van der Waals surface area contributed by atoms with Crippen LogP contribution in [-0.4, -0.2) is 18.1 Å². The predicted octanol–water partition coefficient (Wildman–Crippen LogP) is 2.60. The molecule has 3 heteroatoms. The molecule has 0 N–H and O–H groups in total. The van der Waals surface area contributed by atoms with E-state index in [1.165, 1.54) is 37.9 Å². The number of nitrogens with zero attached hydrogens (tertiary/aromatic N) is 2. The Morgan fingerprint density at radius 2 is 1.86 bits per heavy atom. The van der Waals surface area contributed by atoms with Crippen LogP contribution in [-0.2, 0) is 0 Å². The Bertz CT molecular complexity index is 293. The third-order valence-electron chi connectivity index (χ3n) is 2.68. The zero-order valence-electron chi connectivity index (χ0n) is 8.25. The molecule has 14 heavy (non-hydrogen) atoms. The zero-order valence-corrected chi connectivity index (χ0v) is 8.25. The number of rotatable bonds is 1. The van der Waals surface area contributed by atoms with Crippen LogP contribution in [0, 0.1) is 5.95 Å². The first-order valence-electron chi connectivity index (χ1n) is 5.23. The second-order valence-electron chi connectivity index (χ2n) is 3.74. The first kappa shape index (κ1) is 9.44. The smallest absolute Gasteiger partial charge is 0.214 e. The Morgan fingerprint density at radius 3 is 2.50 bits per heavy atom. The fourth-order valence-electron chi connectivity index (χ4n) is 1.92. The van der Waals surface area contributed by atoms with E-state index < -0.39 is 0 Å². The van der Waals surface area contributed by atoms with Gasteiger partial charge in [0, 0.05) is 31.0 Å². The third-order valence-corrected chi connectivity index (χ3v) is 2.68. The van der Waals surface area contributed by atoms with Crippen molar-refractivity contribution in [3.8, 4) is 0 Å². The second kappa shape index (κ2) is 4.40. The Labute approximate surface area is 83.8 Å². The van der Waals surface area contributed by atoms with Crippen molar-refractivity contribution in [3.05, 3.63) is 24.3 Å². The maximum absolute atomic E-state index is 12.9. The van der Waals surface area contributed by atoms with Crippen molar-refractivity contribution in [1.29, 1.82) is 0 Å². The standard InChI is InChI=1S/C11H15FN2/c12-11-9-10(5-6-13-11)14-7-3-1-2-4-8-14/h5-6,9H,1-4,7-8H2. The lowest BCUT2D eigenvalue weighted by atomic mass is 10.2. The zero-order chi connectivity index (χ0) is 9.80. The lowest BCUT2D eigenvalue weighted by molar-refractivity contribution is 0.582. The molecule has 1 aromatic rings. The summed E-state index contributed by atoms with van der Waals surface area (Å²) in [5, 5.41) is 0. The van der Waals surface area contributed by atoms with Gasteiger partial charge in [-0.15, -0.1) is 0 Å². The normalized spacial score (nSPS) is 17.9. The molecule has 0 aromatic carbocycles. The topological polar surface area (TPSA) is 16.1 Å². The van der Waals surface area contributed by atoms with Gasteiger partial charge in [0.2, 0.25) is 5.95 Å². The highest BCUT2D eigenvalue weighted by Gasteiger charge is 2.10. The molecule has 0 amide bonds. The van der Waals surface area contributed by atoms with Crippen LogP contribution in [0.15, 0.2) is 18.3 Å². The summed E-state index contributed by atoms with van der Waals surface area (Å²) >= 11 is 0. The van der Waals surface area contributed by atoms with Gasteiger partial charge in [-0.2, -0.15) is 4.39 Å². The summed E-state index contributed by atoms with van der Waals surface area (Å²) in [6, 6.07) is 3.40. The number of hydrogen-bond donors (Lipinski definition) is 0. The quantitative estimate of drug-likeness (QED) is 0.639. The highest BCUT2D eigenvalue weighted by Crippen LogP contribution is 2.18. The van der Waals surface area contributed by atoms with E-state index in [1.54, 1.807) is 0 Å². The average Bonchev–Trinajstić information content (AvgIpc) is 2.45. The summed E-state index contributed by atoms with van der Waals surface area (Å²) in [6.07, 6.45) is 6.55. The van der Waals surface area contributed by atoms with Crippen LogP contribution in [0.5, 0.6) is 0 Å². The number of hydrogen-bond acceptors (Lipinski definition) is 2. The molecular weight excluding hydrogens is 179 g/mol. The molecule has 0 unspecified atom stereocenters. The van der Waals surface area contributed by atoms with Gasteiger partial charge >= 0.3 is 0 Å². The molecule has 2 nitrogen and oxygen atoms in total. The van der Waals surface area contributed by atoms with Crippen molar-refractivity contribution < 1.29 is 4.39 Å². The van der Waals surface area contributed by atoms with E-state index >= 15 is 0 Å². The summed E-state index contributed by atoms with van der Waals surface area (Å²) in [4.78, 5) is 5.81. The molecule has 76 valence electrons. The van der Waals surface area contributed by atoms with Crippen molar-refractivity contribution in [2.24, 2.45) is 0 Å². The average molecular weight is 194 g/mol. The van der Waals surface area contributed by atoms with Gasteiger partial charge in [0.25, 0.3) is 0 Å². The number of halogens is 1. The minimum absolute atomic E-state index is 0.383. The van der Waals surface area contributed by atoms with Crippen LogP contribution in [0.2, 0.25) is 0 Å². The minimum atomic E-state index is -0.383. The third kappa shape index (κ3) is 2.22. The highest BCUT2D eigenvalue weighted by molar-refractivity contribution is 5.44. The van der Waals surface area contributed by atoms with Gasteiger partial charge < -0.3 is 4.90 Å². The fraction of sp³-hybridized carbons (Fsp3) is 0.545. The number of aromatic nitrogens is 1. The van der Waals surface area contributed by atoms with Crippen molar-refractivity contribution in [1.82, 2.24) is 4.98 Å². The SMILES string of the molecule is Fc1cc(N2CCCCCC2)ccn1. The van der Waals surface area contributed by atoms with Gasteiger partial charge in [0.15, 0.2) is 0 Å². The van der Waals surface area contributed by atoms with Crippen molar-refractivity contribution in [2.75, 3.05) is 18.0 Å². The summed E-state index contributed by atoms with van der Waals surface area (Å²) in [5.74, 6) is -0.383. The summed E-state index contributed by atoms with van der Waals surface area (Å²) in [6.45, 7) is 2.09. The summed E-state index contributed by atoms with van der Waals surface area (Å²) in [7, 11) is 0. The molecule has 1 saturated heterocycles. The first-order valence-corrected chi connectivity index (χ1v) is 5.23. The van der Waals surface area contributed by atoms with E-state index in [-0.39, 0.29) is 5.95 Å². The predicted molar refractivity (Wildman–Crippen MR) is 54.9 cm³/mol. The van der Waals surface area contributed by atoms with E-state index in [0.29, 0.717) is 0 Å². The van der Waals surface area contributed by atoms with Gasteiger partial charge in [-0.3, -0.25) is 0 Å². The van der Waals surface area contributed by atoms with E-state index in [1.807, 2.05) is 6.07 Å². The van der Waals surface area contributed by atoms with Crippen LogP contribution in [0.1, 0.15) is 25.7 Å². The molecule has 2 rings (SSSR count). The van der Waals surface area contributed by atoms with Crippen LogP contribution in [0.4, 0.5) is 10.1 Å². The Kier molecular flexibility index (Phi) is 2.96. The van der Waals surface area contributed by atoms with E-state index in [0.717, 1.165) is 18.8 Å². The molecule has 0 radical (unpaired) electrons. The molecule has 0 atom stereocenters. The van der Waals surface area contributed by atoms with Crippen molar-refractivity contribution in [2.45, 2.75) is 25.7 Å². The van der Waals surface area contributed by atoms with E-state index in [9.17, 15) is 4.39 Å². The Hall–Kier alpha value is -1.12. The van der Waals surface area contributed by atoms with Crippen LogP contribution < -0.4 is 4.90 Å².